The largest absolute Gasteiger partial charge is 0.478 e. The third kappa shape index (κ3) is 4.26. The normalized spacial score (nSPS) is 14.7. The molecule has 0 radical (unpaired) electrons. The van der Waals surface area contributed by atoms with E-state index in [9.17, 15) is 14.7 Å². The fraction of sp³-hybridized carbons (Fsp3) is 0.231. The van der Waals surface area contributed by atoms with E-state index in [4.69, 9.17) is 21.0 Å². The number of rotatable bonds is 5. The molecule has 8 heteroatoms. The van der Waals surface area contributed by atoms with Crippen molar-refractivity contribution in [2.24, 2.45) is 5.10 Å². The summed E-state index contributed by atoms with van der Waals surface area (Å²) in [5.74, 6) is 0.605. The summed E-state index contributed by atoms with van der Waals surface area (Å²) in [7, 11) is 0. The number of furan rings is 1. The zero-order valence-corrected chi connectivity index (χ0v) is 19.0. The quantitative estimate of drug-likeness (QED) is 0.360. The lowest BCUT2D eigenvalue weighted by Gasteiger charge is -2.22. The van der Waals surface area contributed by atoms with Crippen molar-refractivity contribution < 1.29 is 14.3 Å². The molecule has 0 saturated heterocycles. The van der Waals surface area contributed by atoms with Gasteiger partial charge in [-0.25, -0.2) is 9.78 Å². The van der Waals surface area contributed by atoms with Gasteiger partial charge in [0.25, 0.3) is 5.56 Å². The van der Waals surface area contributed by atoms with Gasteiger partial charge < -0.3 is 9.52 Å². The van der Waals surface area contributed by atoms with Crippen molar-refractivity contribution in [2.45, 2.75) is 38.0 Å². The molecule has 2 heterocycles. The molecule has 1 fully saturated rings. The number of nitrogens with zero attached hydrogens (tertiary/aromatic N) is 3. The van der Waals surface area contributed by atoms with E-state index in [1.54, 1.807) is 18.2 Å². The molecule has 0 bridgehead atoms. The predicted molar refractivity (Wildman–Crippen MR) is 131 cm³/mol. The van der Waals surface area contributed by atoms with Crippen LogP contribution in [0.1, 0.15) is 60.0 Å². The molecule has 5 rings (SSSR count). The van der Waals surface area contributed by atoms with Crippen LogP contribution in [-0.4, -0.2) is 27.0 Å². The molecule has 172 valence electrons. The van der Waals surface area contributed by atoms with Gasteiger partial charge in [0.05, 0.1) is 27.7 Å². The summed E-state index contributed by atoms with van der Waals surface area (Å²) in [5.41, 5.74) is 1.03. The summed E-state index contributed by atoms with van der Waals surface area (Å²) >= 11 is 6.26. The summed E-state index contributed by atoms with van der Waals surface area (Å²) in [6, 6.07) is 15.1. The zero-order valence-electron chi connectivity index (χ0n) is 18.3. The average molecular weight is 476 g/mol. The minimum absolute atomic E-state index is 0.108. The molecule has 7 nitrogen and oxygen atoms in total. The van der Waals surface area contributed by atoms with Crippen molar-refractivity contribution in [1.29, 1.82) is 0 Å². The fourth-order valence-electron chi connectivity index (χ4n) is 4.41. The Bertz CT molecular complexity index is 1460. The standard InChI is InChI=1S/C26H22ClN3O4/c27-21-12-10-17(26(32)33)14-20(21)23-13-11-18(34-23)15-28-30-24(16-6-2-1-3-7-16)29-22-9-5-4-8-19(22)25(30)31/h4-5,8-16H,1-3,6-7H2,(H,32,33). The number of hydrogen-bond acceptors (Lipinski definition) is 5. The van der Waals surface area contributed by atoms with Crippen molar-refractivity contribution >= 4 is 34.7 Å². The maximum absolute atomic E-state index is 13.3. The van der Waals surface area contributed by atoms with E-state index in [1.165, 1.54) is 35.5 Å². The molecule has 0 aliphatic heterocycles. The molecule has 1 aliphatic carbocycles. The highest BCUT2D eigenvalue weighted by molar-refractivity contribution is 6.33. The molecule has 4 aromatic rings. The van der Waals surface area contributed by atoms with Crippen molar-refractivity contribution in [1.82, 2.24) is 9.66 Å². The van der Waals surface area contributed by atoms with Gasteiger partial charge >= 0.3 is 5.97 Å². The second-order valence-electron chi connectivity index (χ2n) is 8.39. The Balaban J connectivity index is 1.53. The Hall–Kier alpha value is -3.71. The van der Waals surface area contributed by atoms with Gasteiger partial charge in [-0.3, -0.25) is 4.79 Å². The van der Waals surface area contributed by atoms with E-state index < -0.39 is 5.97 Å². The van der Waals surface area contributed by atoms with Crippen molar-refractivity contribution in [3.63, 3.8) is 0 Å². The number of benzene rings is 2. The van der Waals surface area contributed by atoms with Gasteiger partial charge in [-0.2, -0.15) is 9.78 Å². The molecule has 2 aromatic heterocycles. The molecule has 0 spiro atoms. The molecular formula is C26H22ClN3O4. The van der Waals surface area contributed by atoms with Gasteiger partial charge in [0.15, 0.2) is 0 Å². The van der Waals surface area contributed by atoms with E-state index in [-0.39, 0.29) is 17.0 Å². The number of carboxylic acids is 1. The van der Waals surface area contributed by atoms with Crippen molar-refractivity contribution in [3.8, 4) is 11.3 Å². The number of carbonyl (C=O) groups is 1. The fourth-order valence-corrected chi connectivity index (χ4v) is 4.62. The van der Waals surface area contributed by atoms with E-state index in [0.717, 1.165) is 25.7 Å². The number of fused-ring (bicyclic) bond motifs is 1. The molecule has 1 N–H and O–H groups in total. The average Bonchev–Trinajstić information content (AvgIpc) is 3.33. The summed E-state index contributed by atoms with van der Waals surface area (Å²) in [6.07, 6.45) is 6.83. The van der Waals surface area contributed by atoms with Crippen LogP contribution in [-0.2, 0) is 0 Å². The highest BCUT2D eigenvalue weighted by Gasteiger charge is 2.22. The van der Waals surface area contributed by atoms with Gasteiger partial charge in [-0.15, -0.1) is 0 Å². The lowest BCUT2D eigenvalue weighted by Crippen LogP contribution is -2.25. The Morgan fingerprint density at radius 2 is 1.91 bits per heavy atom. The Labute approximate surface area is 200 Å². The monoisotopic (exact) mass is 475 g/mol. The lowest BCUT2D eigenvalue weighted by atomic mass is 9.88. The summed E-state index contributed by atoms with van der Waals surface area (Å²) in [6.45, 7) is 0. The van der Waals surface area contributed by atoms with Crippen LogP contribution in [0.25, 0.3) is 22.2 Å². The first kappa shape index (κ1) is 22.1. The third-order valence-corrected chi connectivity index (χ3v) is 6.48. The van der Waals surface area contributed by atoms with Gasteiger partial charge in [-0.05, 0) is 55.3 Å². The Kier molecular flexibility index (Phi) is 6.02. The molecule has 1 saturated carbocycles. The predicted octanol–water partition coefficient (Wildman–Crippen LogP) is 5.94. The Morgan fingerprint density at radius 3 is 2.71 bits per heavy atom. The SMILES string of the molecule is O=C(O)c1ccc(Cl)c(-c2ccc(C=Nn3c(C4CCCCC4)nc4ccccc4c3=O)o2)c1. The van der Waals surface area contributed by atoms with Crippen LogP contribution in [0.2, 0.25) is 5.02 Å². The molecule has 2 aromatic carbocycles. The lowest BCUT2D eigenvalue weighted by molar-refractivity contribution is 0.0697. The highest BCUT2D eigenvalue weighted by Crippen LogP contribution is 2.32. The van der Waals surface area contributed by atoms with Gasteiger partial charge in [0, 0.05) is 11.5 Å². The molecule has 34 heavy (non-hydrogen) atoms. The second kappa shape index (κ2) is 9.27. The van der Waals surface area contributed by atoms with Crippen molar-refractivity contribution in [3.05, 3.63) is 87.1 Å². The van der Waals surface area contributed by atoms with Crippen LogP contribution < -0.4 is 5.56 Å². The number of para-hydroxylation sites is 1. The smallest absolute Gasteiger partial charge is 0.335 e. The maximum atomic E-state index is 13.3. The second-order valence-corrected chi connectivity index (χ2v) is 8.79. The Morgan fingerprint density at radius 1 is 1.12 bits per heavy atom. The summed E-state index contributed by atoms with van der Waals surface area (Å²) < 4.78 is 7.24. The minimum Gasteiger partial charge on any atom is -0.478 e. The first-order chi connectivity index (χ1) is 16.5. The first-order valence-corrected chi connectivity index (χ1v) is 11.6. The van der Waals surface area contributed by atoms with Gasteiger partial charge in [0.2, 0.25) is 0 Å². The first-order valence-electron chi connectivity index (χ1n) is 11.2. The number of halogens is 1. The van der Waals surface area contributed by atoms with Crippen LogP contribution in [0.3, 0.4) is 0 Å². The van der Waals surface area contributed by atoms with Crippen LogP contribution in [0.5, 0.6) is 0 Å². The number of aromatic nitrogens is 2. The third-order valence-electron chi connectivity index (χ3n) is 6.16. The van der Waals surface area contributed by atoms with Crippen LogP contribution >= 0.6 is 11.6 Å². The van der Waals surface area contributed by atoms with E-state index >= 15 is 0 Å². The van der Waals surface area contributed by atoms with Gasteiger partial charge in [-0.1, -0.05) is 43.0 Å². The summed E-state index contributed by atoms with van der Waals surface area (Å²) in [4.78, 5) is 29.4. The minimum atomic E-state index is -1.05. The summed E-state index contributed by atoms with van der Waals surface area (Å²) in [5, 5.41) is 14.6. The highest BCUT2D eigenvalue weighted by atomic mass is 35.5. The number of carboxylic acid groups (broad SMARTS) is 1. The van der Waals surface area contributed by atoms with Crippen LogP contribution in [0.4, 0.5) is 0 Å². The van der Waals surface area contributed by atoms with Crippen LogP contribution in [0.15, 0.2) is 68.9 Å². The number of hydrogen-bond donors (Lipinski definition) is 1. The molecular weight excluding hydrogens is 454 g/mol. The van der Waals surface area contributed by atoms with E-state index in [1.807, 2.05) is 18.2 Å². The van der Waals surface area contributed by atoms with Gasteiger partial charge in [0.1, 0.15) is 17.3 Å². The molecule has 0 amide bonds. The molecule has 0 unspecified atom stereocenters. The van der Waals surface area contributed by atoms with E-state index in [0.29, 0.717) is 38.8 Å². The number of aromatic carboxylic acids is 1. The maximum Gasteiger partial charge on any atom is 0.335 e. The molecule has 0 atom stereocenters. The van der Waals surface area contributed by atoms with Crippen LogP contribution in [0, 0.1) is 0 Å². The van der Waals surface area contributed by atoms with E-state index in [2.05, 4.69) is 5.10 Å². The zero-order chi connectivity index (χ0) is 23.7. The topological polar surface area (TPSA) is 97.7 Å². The molecule has 1 aliphatic rings. The van der Waals surface area contributed by atoms with Crippen molar-refractivity contribution in [2.75, 3.05) is 0 Å².